The van der Waals surface area contributed by atoms with Gasteiger partial charge in [0.2, 0.25) is 10.0 Å². The Hall–Kier alpha value is -2.95. The van der Waals surface area contributed by atoms with Crippen LogP contribution in [-0.2, 0) is 16.6 Å². The molecule has 10 heteroatoms. The molecule has 1 heterocycles. The number of amides is 1. The molecule has 30 heavy (non-hydrogen) atoms. The molecule has 0 aliphatic heterocycles. The molecule has 0 fully saturated rings. The number of hydrogen-bond acceptors (Lipinski definition) is 7. The number of aromatic nitrogens is 1. The van der Waals surface area contributed by atoms with Gasteiger partial charge in [-0.3, -0.25) is 4.79 Å². The molecule has 0 atom stereocenters. The minimum Gasteiger partial charge on any atom is -0.493 e. The van der Waals surface area contributed by atoms with Crippen molar-refractivity contribution < 1.29 is 22.7 Å². The number of rotatable bonds is 8. The Kier molecular flexibility index (Phi) is 6.70. The molecule has 0 bridgehead atoms. The number of nitrogens with zero attached hydrogens (tertiary/aromatic N) is 1. The fourth-order valence-electron chi connectivity index (χ4n) is 2.73. The summed E-state index contributed by atoms with van der Waals surface area (Å²) in [5.74, 6) is 0.809. The second-order valence-electron chi connectivity index (χ2n) is 6.11. The van der Waals surface area contributed by atoms with Gasteiger partial charge >= 0.3 is 0 Å². The molecule has 1 amide bonds. The van der Waals surface area contributed by atoms with Crippen LogP contribution in [0.15, 0.2) is 52.7 Å². The second kappa shape index (κ2) is 9.24. The van der Waals surface area contributed by atoms with Crippen LogP contribution in [-0.4, -0.2) is 40.6 Å². The molecule has 3 aromatic rings. The Morgan fingerprint density at radius 3 is 2.47 bits per heavy atom. The van der Waals surface area contributed by atoms with E-state index in [9.17, 15) is 13.2 Å². The zero-order valence-corrected chi connectivity index (χ0v) is 18.3. The average molecular weight is 448 g/mol. The number of benzene rings is 2. The highest BCUT2D eigenvalue weighted by atomic mass is 32.2. The predicted molar refractivity (Wildman–Crippen MR) is 115 cm³/mol. The van der Waals surface area contributed by atoms with Crippen molar-refractivity contribution in [1.29, 1.82) is 0 Å². The lowest BCUT2D eigenvalue weighted by atomic mass is 10.2. The molecule has 2 N–H and O–H groups in total. The number of hydrogen-bond donors (Lipinski definition) is 2. The monoisotopic (exact) mass is 447 g/mol. The van der Waals surface area contributed by atoms with Crippen molar-refractivity contribution in [2.45, 2.75) is 11.4 Å². The fourth-order valence-corrected chi connectivity index (χ4v) is 4.29. The summed E-state index contributed by atoms with van der Waals surface area (Å²) < 4.78 is 36.5. The molecule has 0 aliphatic carbocycles. The minimum atomic E-state index is -3.49. The summed E-state index contributed by atoms with van der Waals surface area (Å²) in [6, 6.07) is 11.7. The van der Waals surface area contributed by atoms with Gasteiger partial charge in [0.25, 0.3) is 5.91 Å². The standard InChI is InChI=1S/C20H21N3O5S2/c1-21-30(25,26)14-9-7-13(8-10-14)11-22-19(24)16-12-29-20(23-16)15-5-4-6-17(27-2)18(15)28-3/h4-10,12,21H,11H2,1-3H3,(H,22,24). The highest BCUT2D eigenvalue weighted by Crippen LogP contribution is 2.38. The number of methoxy groups -OCH3 is 2. The van der Waals surface area contributed by atoms with Crippen molar-refractivity contribution in [2.24, 2.45) is 0 Å². The predicted octanol–water partition coefficient (Wildman–Crippen LogP) is 2.67. The average Bonchev–Trinajstić information content (AvgIpc) is 3.27. The van der Waals surface area contributed by atoms with E-state index in [0.717, 1.165) is 11.1 Å². The van der Waals surface area contributed by atoms with Crippen LogP contribution in [0.2, 0.25) is 0 Å². The van der Waals surface area contributed by atoms with Gasteiger partial charge in [0.1, 0.15) is 10.7 Å². The molecular formula is C20H21N3O5S2. The smallest absolute Gasteiger partial charge is 0.271 e. The Morgan fingerprint density at radius 2 is 1.83 bits per heavy atom. The first-order valence-electron chi connectivity index (χ1n) is 8.87. The van der Waals surface area contributed by atoms with Gasteiger partial charge in [-0.15, -0.1) is 11.3 Å². The van der Waals surface area contributed by atoms with E-state index in [-0.39, 0.29) is 23.0 Å². The summed E-state index contributed by atoms with van der Waals surface area (Å²) in [5, 5.41) is 5.10. The summed E-state index contributed by atoms with van der Waals surface area (Å²) in [5.41, 5.74) is 1.79. The first-order valence-corrected chi connectivity index (χ1v) is 11.2. The third kappa shape index (κ3) is 4.61. The van der Waals surface area contributed by atoms with Crippen LogP contribution in [0.4, 0.5) is 0 Å². The van der Waals surface area contributed by atoms with Gasteiger partial charge in [0, 0.05) is 11.9 Å². The lowest BCUT2D eigenvalue weighted by Gasteiger charge is -2.10. The molecule has 1 aromatic heterocycles. The summed E-state index contributed by atoms with van der Waals surface area (Å²) in [7, 11) is 0.975. The molecule has 0 radical (unpaired) electrons. The molecule has 8 nitrogen and oxygen atoms in total. The Morgan fingerprint density at radius 1 is 1.10 bits per heavy atom. The van der Waals surface area contributed by atoms with Crippen molar-refractivity contribution in [3.63, 3.8) is 0 Å². The number of sulfonamides is 1. The molecule has 0 unspecified atom stereocenters. The molecule has 0 saturated heterocycles. The van der Waals surface area contributed by atoms with Crippen LogP contribution in [0.1, 0.15) is 16.1 Å². The van der Waals surface area contributed by atoms with Gasteiger partial charge in [-0.2, -0.15) is 0 Å². The molecule has 2 aromatic carbocycles. The lowest BCUT2D eigenvalue weighted by Crippen LogP contribution is -2.23. The van der Waals surface area contributed by atoms with E-state index in [1.165, 1.54) is 30.5 Å². The number of para-hydroxylation sites is 1. The molecule has 158 valence electrons. The maximum absolute atomic E-state index is 12.5. The molecule has 0 saturated carbocycles. The van der Waals surface area contributed by atoms with Crippen molar-refractivity contribution in [1.82, 2.24) is 15.0 Å². The Labute approximate surface area is 178 Å². The number of nitrogens with one attached hydrogen (secondary N) is 2. The maximum Gasteiger partial charge on any atom is 0.271 e. The van der Waals surface area contributed by atoms with Crippen molar-refractivity contribution >= 4 is 27.3 Å². The van der Waals surface area contributed by atoms with E-state index in [2.05, 4.69) is 15.0 Å². The zero-order valence-electron chi connectivity index (χ0n) is 16.6. The lowest BCUT2D eigenvalue weighted by molar-refractivity contribution is 0.0946. The zero-order chi connectivity index (χ0) is 21.7. The highest BCUT2D eigenvalue weighted by Gasteiger charge is 2.17. The third-order valence-electron chi connectivity index (χ3n) is 4.33. The van der Waals surface area contributed by atoms with Crippen LogP contribution >= 0.6 is 11.3 Å². The van der Waals surface area contributed by atoms with Gasteiger partial charge in [-0.25, -0.2) is 18.1 Å². The van der Waals surface area contributed by atoms with Gasteiger partial charge in [-0.05, 0) is 36.9 Å². The first-order chi connectivity index (χ1) is 14.4. The molecule has 0 aliphatic rings. The fraction of sp³-hybridized carbons (Fsp3) is 0.200. The van der Waals surface area contributed by atoms with E-state index >= 15 is 0 Å². The van der Waals surface area contributed by atoms with Crippen LogP contribution in [0, 0.1) is 0 Å². The summed E-state index contributed by atoms with van der Waals surface area (Å²) >= 11 is 1.33. The van der Waals surface area contributed by atoms with Crippen molar-refractivity contribution in [2.75, 3.05) is 21.3 Å². The number of carbonyl (C=O) groups is 1. The van der Waals surface area contributed by atoms with Crippen LogP contribution < -0.4 is 19.5 Å². The van der Waals surface area contributed by atoms with Crippen molar-refractivity contribution in [3.8, 4) is 22.1 Å². The Balaban J connectivity index is 1.71. The second-order valence-corrected chi connectivity index (χ2v) is 8.86. The quantitative estimate of drug-likeness (QED) is 0.550. The number of thiazole rings is 1. The SMILES string of the molecule is CNS(=O)(=O)c1ccc(CNC(=O)c2csc(-c3cccc(OC)c3OC)n2)cc1. The minimum absolute atomic E-state index is 0.163. The summed E-state index contributed by atoms with van der Waals surface area (Å²) in [4.78, 5) is 17.1. The van der Waals surface area contributed by atoms with Gasteiger partial charge in [0.15, 0.2) is 11.5 Å². The summed E-state index contributed by atoms with van der Waals surface area (Å²) in [6.07, 6.45) is 0. The molecular weight excluding hydrogens is 426 g/mol. The van der Waals surface area contributed by atoms with E-state index in [1.807, 2.05) is 12.1 Å². The number of ether oxygens (including phenoxy) is 2. The third-order valence-corrected chi connectivity index (χ3v) is 6.63. The topological polar surface area (TPSA) is 107 Å². The van der Waals surface area contributed by atoms with Crippen molar-refractivity contribution in [3.05, 3.63) is 59.1 Å². The van der Waals surface area contributed by atoms with Crippen LogP contribution in [0.3, 0.4) is 0 Å². The Bertz CT molecular complexity index is 1140. The first kappa shape index (κ1) is 21.8. The van der Waals surface area contributed by atoms with Gasteiger partial charge < -0.3 is 14.8 Å². The van der Waals surface area contributed by atoms with Gasteiger partial charge in [0.05, 0.1) is 24.7 Å². The molecule has 3 rings (SSSR count). The largest absolute Gasteiger partial charge is 0.493 e. The van der Waals surface area contributed by atoms with Crippen LogP contribution in [0.25, 0.3) is 10.6 Å². The van der Waals surface area contributed by atoms with E-state index in [1.54, 1.807) is 37.8 Å². The maximum atomic E-state index is 12.5. The molecule has 0 spiro atoms. The van der Waals surface area contributed by atoms with Gasteiger partial charge in [-0.1, -0.05) is 18.2 Å². The van der Waals surface area contributed by atoms with Crippen LogP contribution in [0.5, 0.6) is 11.5 Å². The van der Waals surface area contributed by atoms with E-state index in [4.69, 9.17) is 9.47 Å². The summed E-state index contributed by atoms with van der Waals surface area (Å²) in [6.45, 7) is 0.244. The highest BCUT2D eigenvalue weighted by molar-refractivity contribution is 7.89. The van der Waals surface area contributed by atoms with E-state index in [0.29, 0.717) is 16.5 Å². The normalized spacial score (nSPS) is 11.2. The number of carbonyl (C=O) groups excluding carboxylic acids is 1. The van der Waals surface area contributed by atoms with E-state index < -0.39 is 10.0 Å².